The van der Waals surface area contributed by atoms with Crippen molar-refractivity contribution in [2.24, 2.45) is 0 Å². The van der Waals surface area contributed by atoms with E-state index in [1.54, 1.807) is 11.3 Å². The molecule has 3 heteroatoms. The van der Waals surface area contributed by atoms with Crippen molar-refractivity contribution in [2.75, 3.05) is 0 Å². The molecule has 0 bridgehead atoms. The minimum atomic E-state index is 1.05. The van der Waals surface area contributed by atoms with Gasteiger partial charge in [-0.2, -0.15) is 0 Å². The van der Waals surface area contributed by atoms with Gasteiger partial charge in [0.15, 0.2) is 0 Å². The van der Waals surface area contributed by atoms with Gasteiger partial charge >= 0.3 is 0 Å². The maximum Gasteiger partial charge on any atom is 0.149 e. The van der Waals surface area contributed by atoms with E-state index >= 15 is 0 Å². The van der Waals surface area contributed by atoms with Crippen LogP contribution in [-0.4, -0.2) is 9.55 Å². The topological polar surface area (TPSA) is 17.8 Å². The van der Waals surface area contributed by atoms with Gasteiger partial charge < -0.3 is 4.57 Å². The molecule has 0 aromatic carbocycles. The fourth-order valence-corrected chi connectivity index (χ4v) is 2.10. The van der Waals surface area contributed by atoms with Crippen LogP contribution in [0.15, 0.2) is 29.9 Å². The second-order valence-electron chi connectivity index (χ2n) is 2.92. The summed E-state index contributed by atoms with van der Waals surface area (Å²) in [6.07, 6.45) is 5.05. The van der Waals surface area contributed by atoms with E-state index in [1.165, 1.54) is 4.88 Å². The first-order valence-corrected chi connectivity index (χ1v) is 5.35. The molecule has 0 aliphatic rings. The highest BCUT2D eigenvalue weighted by Crippen LogP contribution is 2.22. The third-order valence-electron chi connectivity index (χ3n) is 1.92. The highest BCUT2D eigenvalue weighted by atomic mass is 32.1. The lowest BCUT2D eigenvalue weighted by Crippen LogP contribution is -1.96. The highest BCUT2D eigenvalue weighted by molar-refractivity contribution is 7.13. The van der Waals surface area contributed by atoms with Gasteiger partial charge in [-0.1, -0.05) is 13.0 Å². The van der Waals surface area contributed by atoms with Gasteiger partial charge in [-0.25, -0.2) is 4.98 Å². The molecule has 2 aromatic heterocycles. The van der Waals surface area contributed by atoms with Crippen molar-refractivity contribution < 1.29 is 0 Å². The van der Waals surface area contributed by atoms with E-state index in [4.69, 9.17) is 0 Å². The van der Waals surface area contributed by atoms with Gasteiger partial charge in [-0.15, -0.1) is 11.3 Å². The van der Waals surface area contributed by atoms with Crippen LogP contribution in [0.4, 0.5) is 0 Å². The van der Waals surface area contributed by atoms with E-state index in [1.807, 2.05) is 12.4 Å². The normalized spacial score (nSPS) is 10.5. The first-order valence-electron chi connectivity index (χ1n) is 4.47. The molecule has 2 nitrogen and oxygen atoms in total. The Morgan fingerprint density at radius 1 is 1.54 bits per heavy atom. The molecule has 0 N–H and O–H groups in total. The molecule has 0 saturated carbocycles. The fraction of sp³-hybridized carbons (Fsp3) is 0.300. The number of hydrogen-bond acceptors (Lipinski definition) is 2. The molecule has 0 saturated heterocycles. The van der Waals surface area contributed by atoms with Crippen LogP contribution in [0.1, 0.15) is 13.3 Å². The number of aryl methyl sites for hydroxylation is 1. The van der Waals surface area contributed by atoms with Crippen LogP contribution in [0.2, 0.25) is 0 Å². The summed E-state index contributed by atoms with van der Waals surface area (Å²) in [4.78, 5) is 5.60. The van der Waals surface area contributed by atoms with Crippen molar-refractivity contribution in [3.63, 3.8) is 0 Å². The third-order valence-corrected chi connectivity index (χ3v) is 2.79. The second-order valence-corrected chi connectivity index (χ2v) is 3.87. The standard InChI is InChI=1S/C10H12N2S/c1-2-6-12-7-5-11-10(12)9-4-3-8-13-9/h3-5,7-8H,2,6H2,1H3. The number of imidazole rings is 1. The predicted octanol–water partition coefficient (Wildman–Crippen LogP) is 3.02. The molecule has 0 spiro atoms. The molecule has 0 aliphatic carbocycles. The van der Waals surface area contributed by atoms with E-state index in [2.05, 4.69) is 34.0 Å². The van der Waals surface area contributed by atoms with E-state index in [-0.39, 0.29) is 0 Å². The van der Waals surface area contributed by atoms with E-state index < -0.39 is 0 Å². The molecule has 2 heterocycles. The Hall–Kier alpha value is -1.09. The van der Waals surface area contributed by atoms with Gasteiger partial charge in [-0.3, -0.25) is 0 Å². The van der Waals surface area contributed by atoms with Crippen molar-refractivity contribution in [2.45, 2.75) is 19.9 Å². The van der Waals surface area contributed by atoms with E-state index in [9.17, 15) is 0 Å². The molecular formula is C10H12N2S. The van der Waals surface area contributed by atoms with E-state index in [0.29, 0.717) is 0 Å². The Kier molecular flexibility index (Phi) is 2.45. The predicted molar refractivity (Wildman–Crippen MR) is 55.8 cm³/mol. The molecule has 0 atom stereocenters. The highest BCUT2D eigenvalue weighted by Gasteiger charge is 2.04. The van der Waals surface area contributed by atoms with Crippen LogP contribution in [0.5, 0.6) is 0 Å². The lowest BCUT2D eigenvalue weighted by Gasteiger charge is -2.02. The minimum Gasteiger partial charge on any atom is -0.330 e. The number of nitrogens with zero attached hydrogens (tertiary/aromatic N) is 2. The molecular weight excluding hydrogens is 180 g/mol. The number of hydrogen-bond donors (Lipinski definition) is 0. The van der Waals surface area contributed by atoms with Crippen molar-refractivity contribution in [1.29, 1.82) is 0 Å². The van der Waals surface area contributed by atoms with Gasteiger partial charge in [0.05, 0.1) is 4.88 Å². The summed E-state index contributed by atoms with van der Waals surface area (Å²) in [5.41, 5.74) is 0. The van der Waals surface area contributed by atoms with Gasteiger partial charge in [0, 0.05) is 18.9 Å². The summed E-state index contributed by atoms with van der Waals surface area (Å²) in [5.74, 6) is 1.09. The summed E-state index contributed by atoms with van der Waals surface area (Å²) in [6, 6.07) is 4.17. The zero-order valence-corrected chi connectivity index (χ0v) is 8.42. The van der Waals surface area contributed by atoms with Gasteiger partial charge in [-0.05, 0) is 17.9 Å². The zero-order chi connectivity index (χ0) is 9.10. The number of thiophene rings is 1. The molecule has 0 radical (unpaired) electrons. The molecule has 13 heavy (non-hydrogen) atoms. The molecule has 2 aromatic rings. The van der Waals surface area contributed by atoms with Crippen molar-refractivity contribution >= 4 is 11.3 Å². The Morgan fingerprint density at radius 2 is 2.46 bits per heavy atom. The summed E-state index contributed by atoms with van der Waals surface area (Å²) >= 11 is 1.74. The first kappa shape index (κ1) is 8.51. The molecule has 0 unspecified atom stereocenters. The summed E-state index contributed by atoms with van der Waals surface area (Å²) in [5, 5.41) is 2.08. The van der Waals surface area contributed by atoms with Crippen LogP contribution in [0, 0.1) is 0 Å². The molecule has 2 rings (SSSR count). The van der Waals surface area contributed by atoms with Gasteiger partial charge in [0.25, 0.3) is 0 Å². The monoisotopic (exact) mass is 192 g/mol. The maximum atomic E-state index is 4.35. The largest absolute Gasteiger partial charge is 0.330 e. The summed E-state index contributed by atoms with van der Waals surface area (Å²) in [7, 11) is 0. The van der Waals surface area contributed by atoms with Crippen LogP contribution < -0.4 is 0 Å². The third kappa shape index (κ3) is 1.65. The van der Waals surface area contributed by atoms with Crippen LogP contribution in [-0.2, 0) is 6.54 Å². The number of aromatic nitrogens is 2. The molecule has 68 valence electrons. The van der Waals surface area contributed by atoms with Crippen molar-refractivity contribution in [3.8, 4) is 10.7 Å². The lowest BCUT2D eigenvalue weighted by atomic mass is 10.4. The molecule has 0 fully saturated rings. The molecule has 0 amide bonds. The summed E-state index contributed by atoms with van der Waals surface area (Å²) < 4.78 is 2.20. The van der Waals surface area contributed by atoms with Gasteiger partial charge in [0.2, 0.25) is 0 Å². The zero-order valence-electron chi connectivity index (χ0n) is 7.60. The Morgan fingerprint density at radius 3 is 3.15 bits per heavy atom. The Balaban J connectivity index is 2.35. The van der Waals surface area contributed by atoms with Crippen LogP contribution in [0.3, 0.4) is 0 Å². The fourth-order valence-electron chi connectivity index (χ4n) is 1.36. The lowest BCUT2D eigenvalue weighted by molar-refractivity contribution is 0.686. The van der Waals surface area contributed by atoms with Crippen LogP contribution >= 0.6 is 11.3 Å². The average Bonchev–Trinajstić information content (AvgIpc) is 2.71. The smallest absolute Gasteiger partial charge is 0.149 e. The average molecular weight is 192 g/mol. The van der Waals surface area contributed by atoms with Gasteiger partial charge in [0.1, 0.15) is 5.82 Å². The first-order chi connectivity index (χ1) is 6.42. The Labute approximate surface area is 81.9 Å². The van der Waals surface area contributed by atoms with E-state index in [0.717, 1.165) is 18.8 Å². The van der Waals surface area contributed by atoms with Crippen molar-refractivity contribution in [3.05, 3.63) is 29.9 Å². The van der Waals surface area contributed by atoms with Crippen LogP contribution in [0.25, 0.3) is 10.7 Å². The maximum absolute atomic E-state index is 4.35. The second kappa shape index (κ2) is 3.75. The van der Waals surface area contributed by atoms with Crippen molar-refractivity contribution in [1.82, 2.24) is 9.55 Å². The SMILES string of the molecule is CCCn1ccnc1-c1cccs1. The minimum absolute atomic E-state index is 1.05. The number of rotatable bonds is 3. The summed E-state index contributed by atoms with van der Waals surface area (Å²) in [6.45, 7) is 3.23. The quantitative estimate of drug-likeness (QED) is 0.731. The molecule has 0 aliphatic heterocycles. The Bertz CT molecular complexity index is 362.